The van der Waals surface area contributed by atoms with Gasteiger partial charge in [-0.25, -0.2) is 0 Å². The predicted molar refractivity (Wildman–Crippen MR) is 129 cm³/mol. The molecule has 1 aliphatic heterocycles. The Morgan fingerprint density at radius 3 is 2.21 bits per heavy atom. The van der Waals surface area contributed by atoms with Crippen LogP contribution in [0.25, 0.3) is 0 Å². The number of benzene rings is 3. The first-order chi connectivity index (χ1) is 18.1. The highest BCUT2D eigenvalue weighted by atomic mass is 16.6. The molecule has 194 valence electrons. The molecule has 0 N–H and O–H groups in total. The summed E-state index contributed by atoms with van der Waals surface area (Å²) in [6, 6.07) is 12.9. The first-order valence-corrected chi connectivity index (χ1v) is 10.7. The summed E-state index contributed by atoms with van der Waals surface area (Å²) in [5.41, 5.74) is -0.622. The van der Waals surface area contributed by atoms with Crippen LogP contribution in [0.4, 0.5) is 17.1 Å². The Labute approximate surface area is 212 Å². The summed E-state index contributed by atoms with van der Waals surface area (Å²) in [6.45, 7) is 1.26. The van der Waals surface area contributed by atoms with Crippen LogP contribution in [0, 0.1) is 30.3 Å². The van der Waals surface area contributed by atoms with Crippen LogP contribution >= 0.6 is 0 Å². The lowest BCUT2D eigenvalue weighted by atomic mass is 10.1. The van der Waals surface area contributed by atoms with E-state index in [9.17, 15) is 35.1 Å². The van der Waals surface area contributed by atoms with Crippen LogP contribution in [-0.2, 0) is 9.53 Å². The molecule has 0 aliphatic carbocycles. The monoisotopic (exact) mass is 523 g/mol. The average molecular weight is 523 g/mol. The van der Waals surface area contributed by atoms with Gasteiger partial charge >= 0.3 is 5.69 Å². The second-order valence-electron chi connectivity index (χ2n) is 7.72. The third kappa shape index (κ3) is 5.01. The van der Waals surface area contributed by atoms with E-state index < -0.39 is 38.3 Å². The number of ether oxygens (including phenoxy) is 3. The Bertz CT molecular complexity index is 1510. The van der Waals surface area contributed by atoms with Crippen LogP contribution in [-0.4, -0.2) is 38.7 Å². The molecule has 15 heteroatoms. The van der Waals surface area contributed by atoms with E-state index in [0.717, 1.165) is 23.2 Å². The molecule has 1 amide bonds. The summed E-state index contributed by atoms with van der Waals surface area (Å²) in [7, 11) is 1.32. The van der Waals surface area contributed by atoms with Gasteiger partial charge in [-0.1, -0.05) is 6.07 Å². The second-order valence-corrected chi connectivity index (χ2v) is 7.72. The van der Waals surface area contributed by atoms with Gasteiger partial charge in [0.2, 0.25) is 23.8 Å². The minimum absolute atomic E-state index is 0.0188. The van der Waals surface area contributed by atoms with E-state index in [1.54, 1.807) is 6.07 Å². The van der Waals surface area contributed by atoms with E-state index in [4.69, 9.17) is 14.2 Å². The highest BCUT2D eigenvalue weighted by Crippen LogP contribution is 2.40. The SMILES string of the molecule is COc1cc([C@H]2OC(c3cccc([N+](=O)[O-])c3)=NN2C(C)=O)ccc1Oc1ccc([N+](=O)[O-])cc1[N+](=O)[O-]. The number of rotatable bonds is 8. The number of methoxy groups -OCH3 is 1. The number of carbonyl (C=O) groups is 1. The number of hydrogen-bond acceptors (Lipinski definition) is 11. The number of hydrogen-bond donors (Lipinski definition) is 0. The van der Waals surface area contributed by atoms with Crippen molar-refractivity contribution in [3.63, 3.8) is 0 Å². The molecule has 0 radical (unpaired) electrons. The molecule has 0 saturated heterocycles. The zero-order valence-corrected chi connectivity index (χ0v) is 19.7. The van der Waals surface area contributed by atoms with Crippen molar-refractivity contribution in [2.45, 2.75) is 13.2 Å². The molecule has 0 bridgehead atoms. The molecule has 38 heavy (non-hydrogen) atoms. The maximum absolute atomic E-state index is 12.3. The Kier molecular flexibility index (Phi) is 6.83. The lowest BCUT2D eigenvalue weighted by Gasteiger charge is -2.20. The summed E-state index contributed by atoms with van der Waals surface area (Å²) in [6.07, 6.45) is -1.06. The fourth-order valence-corrected chi connectivity index (χ4v) is 3.54. The average Bonchev–Trinajstić information content (AvgIpc) is 3.35. The number of carbonyl (C=O) groups excluding carboxylic acids is 1. The van der Waals surface area contributed by atoms with Crippen LogP contribution in [0.5, 0.6) is 17.2 Å². The summed E-state index contributed by atoms with van der Waals surface area (Å²) < 4.78 is 16.9. The van der Waals surface area contributed by atoms with Gasteiger partial charge in [-0.05, 0) is 30.3 Å². The molecular weight excluding hydrogens is 506 g/mol. The third-order valence-electron chi connectivity index (χ3n) is 5.31. The van der Waals surface area contributed by atoms with Crippen molar-refractivity contribution < 1.29 is 33.8 Å². The third-order valence-corrected chi connectivity index (χ3v) is 5.31. The molecule has 0 spiro atoms. The number of hydrazone groups is 1. The standard InChI is InChI=1S/C23H17N5O10/c1-13(29)25-23(38-22(24-25)14-4-3-5-16(10-14)26(30)31)15-6-8-20(21(11-15)36-2)37-19-9-7-17(27(32)33)12-18(19)28(34)35/h3-12,23H,1-2H3/t23-/m1/s1. The van der Waals surface area contributed by atoms with Gasteiger partial charge in [0.25, 0.3) is 11.4 Å². The van der Waals surface area contributed by atoms with Crippen LogP contribution < -0.4 is 9.47 Å². The molecule has 1 heterocycles. The van der Waals surface area contributed by atoms with Gasteiger partial charge in [0.05, 0.1) is 27.9 Å². The fourth-order valence-electron chi connectivity index (χ4n) is 3.54. The van der Waals surface area contributed by atoms with Crippen molar-refractivity contribution >= 4 is 28.9 Å². The van der Waals surface area contributed by atoms with Gasteiger partial charge in [-0.15, -0.1) is 5.10 Å². The number of nitrogens with zero attached hydrogens (tertiary/aromatic N) is 5. The predicted octanol–water partition coefficient (Wildman–Crippen LogP) is 4.45. The van der Waals surface area contributed by atoms with E-state index in [1.807, 2.05) is 0 Å². The molecule has 3 aromatic carbocycles. The van der Waals surface area contributed by atoms with Crippen LogP contribution in [0.2, 0.25) is 0 Å². The highest BCUT2D eigenvalue weighted by molar-refractivity contribution is 5.96. The van der Waals surface area contributed by atoms with Crippen LogP contribution in [0.1, 0.15) is 24.3 Å². The maximum atomic E-state index is 12.3. The number of non-ortho nitro benzene ring substituents is 2. The minimum atomic E-state index is -1.06. The largest absolute Gasteiger partial charge is 0.493 e. The highest BCUT2D eigenvalue weighted by Gasteiger charge is 2.34. The fraction of sp³-hybridized carbons (Fsp3) is 0.130. The van der Waals surface area contributed by atoms with E-state index in [1.165, 1.54) is 50.4 Å². The van der Waals surface area contributed by atoms with Crippen molar-refractivity contribution in [1.82, 2.24) is 5.01 Å². The quantitative estimate of drug-likeness (QED) is 0.301. The van der Waals surface area contributed by atoms with E-state index in [-0.39, 0.29) is 34.4 Å². The van der Waals surface area contributed by atoms with Gasteiger partial charge in [-0.3, -0.25) is 35.1 Å². The zero-order chi connectivity index (χ0) is 27.6. The Morgan fingerprint density at radius 2 is 1.58 bits per heavy atom. The van der Waals surface area contributed by atoms with Gasteiger partial charge in [-0.2, -0.15) is 5.01 Å². The van der Waals surface area contributed by atoms with Crippen molar-refractivity contribution in [3.05, 3.63) is 102 Å². The summed E-state index contributed by atoms with van der Waals surface area (Å²) in [5, 5.41) is 38.8. The molecule has 15 nitrogen and oxygen atoms in total. The molecule has 3 aromatic rings. The van der Waals surface area contributed by atoms with E-state index >= 15 is 0 Å². The molecule has 0 unspecified atom stereocenters. The van der Waals surface area contributed by atoms with E-state index in [0.29, 0.717) is 5.56 Å². The minimum Gasteiger partial charge on any atom is -0.493 e. The second kappa shape index (κ2) is 10.2. The number of nitro groups is 3. The molecule has 0 saturated carbocycles. The van der Waals surface area contributed by atoms with Gasteiger partial charge in [0.1, 0.15) is 0 Å². The van der Waals surface area contributed by atoms with Gasteiger partial charge < -0.3 is 14.2 Å². The molecule has 1 aliphatic rings. The topological polar surface area (TPSA) is 190 Å². The first kappa shape index (κ1) is 25.5. The zero-order valence-electron chi connectivity index (χ0n) is 19.7. The first-order valence-electron chi connectivity index (χ1n) is 10.7. The normalized spacial score (nSPS) is 14.3. The van der Waals surface area contributed by atoms with E-state index in [2.05, 4.69) is 5.10 Å². The molecule has 0 fully saturated rings. The number of nitro benzene ring substituents is 3. The van der Waals surface area contributed by atoms with Crippen molar-refractivity contribution in [2.75, 3.05) is 7.11 Å². The molecular formula is C23H17N5O10. The van der Waals surface area contributed by atoms with Crippen molar-refractivity contribution in [2.24, 2.45) is 5.10 Å². The molecule has 1 atom stereocenters. The van der Waals surface area contributed by atoms with Crippen LogP contribution in [0.3, 0.4) is 0 Å². The maximum Gasteiger partial charge on any atom is 0.318 e. The Hall–Kier alpha value is -5.60. The van der Waals surface area contributed by atoms with Crippen LogP contribution in [0.15, 0.2) is 65.8 Å². The Balaban J connectivity index is 1.65. The van der Waals surface area contributed by atoms with Crippen molar-refractivity contribution in [3.8, 4) is 17.2 Å². The molecule has 0 aromatic heterocycles. The van der Waals surface area contributed by atoms with Crippen molar-refractivity contribution in [1.29, 1.82) is 0 Å². The lowest BCUT2D eigenvalue weighted by Crippen LogP contribution is -2.25. The summed E-state index contributed by atoms with van der Waals surface area (Å²) >= 11 is 0. The van der Waals surface area contributed by atoms with Gasteiger partial charge in [0.15, 0.2) is 11.5 Å². The molecule has 4 rings (SSSR count). The Morgan fingerprint density at radius 1 is 0.895 bits per heavy atom. The lowest BCUT2D eigenvalue weighted by molar-refractivity contribution is -0.394. The van der Waals surface area contributed by atoms with Gasteiger partial charge in [0, 0.05) is 36.2 Å². The smallest absolute Gasteiger partial charge is 0.318 e. The summed E-state index contributed by atoms with van der Waals surface area (Å²) in [5.74, 6) is -0.609. The summed E-state index contributed by atoms with van der Waals surface area (Å²) in [4.78, 5) is 43.7. The number of amides is 1.